The summed E-state index contributed by atoms with van der Waals surface area (Å²) in [7, 11) is 1.26. The number of benzene rings is 1. The number of hydrogen-bond donors (Lipinski definition) is 1. The molecule has 0 aliphatic rings. The molecule has 21 heavy (non-hydrogen) atoms. The van der Waals surface area contributed by atoms with Gasteiger partial charge in [0.1, 0.15) is 23.7 Å². The molecule has 2 rings (SSSR count). The molecule has 1 heterocycles. The molecule has 0 aliphatic carbocycles. The second kappa shape index (κ2) is 6.05. The van der Waals surface area contributed by atoms with E-state index < -0.39 is 5.97 Å². The van der Waals surface area contributed by atoms with Gasteiger partial charge in [0.15, 0.2) is 10.9 Å². The molecule has 1 aromatic heterocycles. The number of aromatic nitrogens is 1. The Morgan fingerprint density at radius 3 is 2.71 bits per heavy atom. The molecule has 0 aliphatic heterocycles. The first-order valence-corrected chi connectivity index (χ1v) is 6.47. The summed E-state index contributed by atoms with van der Waals surface area (Å²) in [6, 6.07) is 3.19. The van der Waals surface area contributed by atoms with Crippen molar-refractivity contribution in [3.05, 3.63) is 39.7 Å². The summed E-state index contributed by atoms with van der Waals surface area (Å²) in [6.45, 7) is 3.44. The van der Waals surface area contributed by atoms with Gasteiger partial charge in [-0.3, -0.25) is 0 Å². The Hall–Kier alpha value is -2.21. The van der Waals surface area contributed by atoms with Crippen LogP contribution in [0.15, 0.2) is 16.7 Å². The number of carbonyl (C=O) groups is 1. The zero-order valence-electron chi connectivity index (χ0n) is 11.8. The van der Waals surface area contributed by atoms with E-state index in [1.54, 1.807) is 19.9 Å². The predicted molar refractivity (Wildman–Crippen MR) is 74.8 cm³/mol. The topological polar surface area (TPSA) is 81.8 Å². The highest BCUT2D eigenvalue weighted by Gasteiger charge is 2.20. The van der Waals surface area contributed by atoms with Crippen molar-refractivity contribution < 1.29 is 23.9 Å². The van der Waals surface area contributed by atoms with Crippen molar-refractivity contribution in [3.63, 3.8) is 0 Å². The molecule has 0 fully saturated rings. The highest BCUT2D eigenvalue weighted by molar-refractivity contribution is 6.29. The molecular formula is C14H14ClNO5. The number of phenols is 1. The first-order valence-electron chi connectivity index (χ1n) is 6.09. The Morgan fingerprint density at radius 1 is 1.43 bits per heavy atom. The Kier molecular flexibility index (Phi) is 4.37. The van der Waals surface area contributed by atoms with Gasteiger partial charge in [-0.2, -0.15) is 0 Å². The van der Waals surface area contributed by atoms with Gasteiger partial charge in [-0.05, 0) is 25.5 Å². The number of carbonyl (C=O) groups excluding carboxylic acids is 1. The van der Waals surface area contributed by atoms with E-state index in [-0.39, 0.29) is 23.1 Å². The smallest absolute Gasteiger partial charge is 0.341 e. The lowest BCUT2D eigenvalue weighted by atomic mass is 10.0. The molecule has 1 N–H and O–H groups in total. The van der Waals surface area contributed by atoms with Gasteiger partial charge in [0, 0.05) is 11.6 Å². The minimum absolute atomic E-state index is 0.108. The van der Waals surface area contributed by atoms with Gasteiger partial charge in [0.05, 0.1) is 7.11 Å². The van der Waals surface area contributed by atoms with Gasteiger partial charge in [0.25, 0.3) is 0 Å². The minimum Gasteiger partial charge on any atom is -0.507 e. The number of aromatic hydroxyl groups is 1. The maximum absolute atomic E-state index is 11.6. The molecule has 6 nitrogen and oxygen atoms in total. The average molecular weight is 312 g/mol. The summed E-state index contributed by atoms with van der Waals surface area (Å²) in [5, 5.41) is 13.9. The fraction of sp³-hybridized carbons (Fsp3) is 0.286. The largest absolute Gasteiger partial charge is 0.507 e. The van der Waals surface area contributed by atoms with Crippen molar-refractivity contribution >= 4 is 17.6 Å². The number of phenolic OH excluding ortho intramolecular Hbond substituents is 1. The standard InChI is InChI=1S/C14H14ClNO5/c1-7-4-10(20-6-9-5-11(15)16-21-9)8(2)13(17)12(7)14(18)19-3/h4-5,17H,6H2,1-3H3. The van der Waals surface area contributed by atoms with Crippen molar-refractivity contribution in [1.82, 2.24) is 5.16 Å². The number of nitrogens with zero attached hydrogens (tertiary/aromatic N) is 1. The fourth-order valence-corrected chi connectivity index (χ4v) is 2.04. The van der Waals surface area contributed by atoms with Crippen LogP contribution in [0.25, 0.3) is 0 Å². The van der Waals surface area contributed by atoms with Crippen LogP contribution in [0.2, 0.25) is 5.15 Å². The zero-order chi connectivity index (χ0) is 15.6. The number of esters is 1. The van der Waals surface area contributed by atoms with Gasteiger partial charge in [-0.15, -0.1) is 0 Å². The van der Waals surface area contributed by atoms with Crippen molar-refractivity contribution in [2.24, 2.45) is 0 Å². The summed E-state index contributed by atoms with van der Waals surface area (Å²) < 4.78 is 15.1. The van der Waals surface area contributed by atoms with E-state index in [1.807, 2.05) is 0 Å². The van der Waals surface area contributed by atoms with Crippen molar-refractivity contribution in [2.45, 2.75) is 20.5 Å². The molecule has 0 radical (unpaired) electrons. The molecule has 112 valence electrons. The number of methoxy groups -OCH3 is 1. The minimum atomic E-state index is -0.596. The van der Waals surface area contributed by atoms with Crippen molar-refractivity contribution in [3.8, 4) is 11.5 Å². The monoisotopic (exact) mass is 311 g/mol. The van der Waals surface area contributed by atoms with E-state index in [0.717, 1.165) is 0 Å². The third-order valence-electron chi connectivity index (χ3n) is 2.99. The Labute approximate surface area is 126 Å². The van der Waals surface area contributed by atoms with Crippen LogP contribution >= 0.6 is 11.6 Å². The van der Waals surface area contributed by atoms with Crippen LogP contribution in [0.3, 0.4) is 0 Å². The lowest BCUT2D eigenvalue weighted by Gasteiger charge is -2.14. The van der Waals surface area contributed by atoms with Crippen LogP contribution in [-0.4, -0.2) is 23.3 Å². The molecular weight excluding hydrogens is 298 g/mol. The second-order valence-corrected chi connectivity index (χ2v) is 4.82. The second-order valence-electron chi connectivity index (χ2n) is 4.44. The summed E-state index contributed by atoms with van der Waals surface area (Å²) in [6.07, 6.45) is 0. The third kappa shape index (κ3) is 3.11. The number of rotatable bonds is 4. The summed E-state index contributed by atoms with van der Waals surface area (Å²) in [4.78, 5) is 11.6. The lowest BCUT2D eigenvalue weighted by Crippen LogP contribution is -2.06. The maximum Gasteiger partial charge on any atom is 0.341 e. The molecule has 0 spiro atoms. The molecule has 1 aromatic carbocycles. The van der Waals surface area contributed by atoms with Crippen LogP contribution in [0.4, 0.5) is 0 Å². The van der Waals surface area contributed by atoms with Crippen LogP contribution in [0, 0.1) is 13.8 Å². The molecule has 7 heteroatoms. The molecule has 0 unspecified atom stereocenters. The van der Waals surface area contributed by atoms with Crippen LogP contribution < -0.4 is 4.74 Å². The SMILES string of the molecule is COC(=O)c1c(C)cc(OCc2cc(Cl)no2)c(C)c1O. The van der Waals surface area contributed by atoms with Gasteiger partial charge in [-0.1, -0.05) is 16.8 Å². The van der Waals surface area contributed by atoms with Crippen LogP contribution in [-0.2, 0) is 11.3 Å². The predicted octanol–water partition coefficient (Wildman–Crippen LogP) is 3.02. The van der Waals surface area contributed by atoms with Gasteiger partial charge < -0.3 is 19.1 Å². The average Bonchev–Trinajstić information content (AvgIpc) is 2.86. The molecule has 0 bridgehead atoms. The third-order valence-corrected chi connectivity index (χ3v) is 3.17. The first-order chi connectivity index (χ1) is 9.93. The number of halogens is 1. The molecule has 0 saturated carbocycles. The van der Waals surface area contributed by atoms with Gasteiger partial charge in [0.2, 0.25) is 0 Å². The van der Waals surface area contributed by atoms with E-state index in [0.29, 0.717) is 22.6 Å². The lowest BCUT2D eigenvalue weighted by molar-refractivity contribution is 0.0596. The van der Waals surface area contributed by atoms with Crippen molar-refractivity contribution in [2.75, 3.05) is 7.11 Å². The Balaban J connectivity index is 2.27. The summed E-state index contributed by atoms with van der Waals surface area (Å²) in [5.74, 6) is 0.132. The summed E-state index contributed by atoms with van der Waals surface area (Å²) >= 11 is 5.64. The molecule has 0 amide bonds. The van der Waals surface area contributed by atoms with Crippen LogP contribution in [0.5, 0.6) is 11.5 Å². The number of hydrogen-bond acceptors (Lipinski definition) is 6. The molecule has 0 atom stereocenters. The van der Waals surface area contributed by atoms with E-state index in [1.165, 1.54) is 13.2 Å². The van der Waals surface area contributed by atoms with E-state index in [4.69, 9.17) is 20.9 Å². The Bertz CT molecular complexity index is 680. The maximum atomic E-state index is 11.6. The normalized spacial score (nSPS) is 10.5. The van der Waals surface area contributed by atoms with Gasteiger partial charge >= 0.3 is 5.97 Å². The van der Waals surface area contributed by atoms with E-state index >= 15 is 0 Å². The quantitative estimate of drug-likeness (QED) is 0.874. The molecule has 0 saturated heterocycles. The van der Waals surface area contributed by atoms with Crippen molar-refractivity contribution in [1.29, 1.82) is 0 Å². The number of aryl methyl sites for hydroxylation is 1. The number of ether oxygens (including phenoxy) is 2. The van der Waals surface area contributed by atoms with E-state index in [9.17, 15) is 9.90 Å². The fourth-order valence-electron chi connectivity index (χ4n) is 1.88. The highest BCUT2D eigenvalue weighted by atomic mass is 35.5. The summed E-state index contributed by atoms with van der Waals surface area (Å²) in [5.41, 5.74) is 1.12. The van der Waals surface area contributed by atoms with Gasteiger partial charge in [-0.25, -0.2) is 4.79 Å². The zero-order valence-corrected chi connectivity index (χ0v) is 12.5. The van der Waals surface area contributed by atoms with E-state index in [2.05, 4.69) is 9.89 Å². The van der Waals surface area contributed by atoms with Crippen LogP contribution in [0.1, 0.15) is 27.2 Å². The first kappa shape index (κ1) is 15.2. The molecule has 2 aromatic rings. The Morgan fingerprint density at radius 2 is 2.14 bits per heavy atom. The highest BCUT2D eigenvalue weighted by Crippen LogP contribution is 2.34.